The second-order valence-electron chi connectivity index (χ2n) is 9.99. The molecule has 2 rings (SSSR count). The topological polar surface area (TPSA) is 104 Å². The van der Waals surface area contributed by atoms with Crippen molar-refractivity contribution in [3.63, 3.8) is 0 Å². The van der Waals surface area contributed by atoms with E-state index in [0.717, 1.165) is 21.7 Å². The number of aryl methyl sites for hydroxylation is 1. The van der Waals surface area contributed by atoms with Gasteiger partial charge in [-0.05, 0) is 64.3 Å². The first-order valence-electron chi connectivity index (χ1n) is 11.9. The molecule has 0 aliphatic carbocycles. The van der Waals surface area contributed by atoms with Gasteiger partial charge in [0.15, 0.2) is 5.78 Å². The largest absolute Gasteiger partial charge is 0.350 e. The minimum absolute atomic E-state index is 0.145. The molecule has 0 aliphatic rings. The van der Waals surface area contributed by atoms with Gasteiger partial charge in [0.2, 0.25) is 21.8 Å². The molecule has 0 aliphatic heterocycles. The summed E-state index contributed by atoms with van der Waals surface area (Å²) in [5.74, 6) is -1.05. The first kappa shape index (κ1) is 29.0. The van der Waals surface area contributed by atoms with Gasteiger partial charge in [0, 0.05) is 17.6 Å². The van der Waals surface area contributed by atoms with Gasteiger partial charge in [0.25, 0.3) is 0 Å². The van der Waals surface area contributed by atoms with Gasteiger partial charge in [0.05, 0.1) is 11.9 Å². The Balaban J connectivity index is 2.51. The molecule has 0 saturated heterocycles. The summed E-state index contributed by atoms with van der Waals surface area (Å²) in [6.45, 7) is 10.3. The maximum Gasteiger partial charge on any atom is 0.244 e. The van der Waals surface area contributed by atoms with Crippen molar-refractivity contribution in [1.29, 1.82) is 0 Å². The summed E-state index contributed by atoms with van der Waals surface area (Å²) in [4.78, 5) is 40.3. The van der Waals surface area contributed by atoms with Crippen molar-refractivity contribution in [3.8, 4) is 0 Å². The lowest BCUT2D eigenvalue weighted by atomic mass is 10.0. The number of nitrogens with one attached hydrogen (secondary N) is 1. The molecule has 0 saturated carbocycles. The second-order valence-corrected chi connectivity index (χ2v) is 11.9. The Hall–Kier alpha value is -3.20. The van der Waals surface area contributed by atoms with Crippen LogP contribution in [0.25, 0.3) is 0 Å². The molecule has 196 valence electrons. The number of sulfonamides is 1. The van der Waals surface area contributed by atoms with Gasteiger partial charge < -0.3 is 10.2 Å². The Morgan fingerprint density at radius 3 is 2.19 bits per heavy atom. The highest BCUT2D eigenvalue weighted by molar-refractivity contribution is 7.92. The molecule has 9 heteroatoms. The first-order chi connectivity index (χ1) is 16.6. The Bertz CT molecular complexity index is 1220. The van der Waals surface area contributed by atoms with Gasteiger partial charge in [0.1, 0.15) is 12.6 Å². The molecule has 0 spiro atoms. The van der Waals surface area contributed by atoms with Crippen LogP contribution in [0.2, 0.25) is 0 Å². The fraction of sp³-hybridized carbons (Fsp3) is 0.444. The summed E-state index contributed by atoms with van der Waals surface area (Å²) >= 11 is 0. The van der Waals surface area contributed by atoms with E-state index in [2.05, 4.69) is 5.32 Å². The first-order valence-corrected chi connectivity index (χ1v) is 13.7. The van der Waals surface area contributed by atoms with Crippen LogP contribution in [0.1, 0.15) is 62.5 Å². The van der Waals surface area contributed by atoms with Crippen LogP contribution in [-0.2, 0) is 26.2 Å². The molecule has 0 bridgehead atoms. The highest BCUT2D eigenvalue weighted by atomic mass is 32.2. The summed E-state index contributed by atoms with van der Waals surface area (Å²) in [6, 6.07) is 12.9. The molecule has 36 heavy (non-hydrogen) atoms. The molecule has 1 atom stereocenters. The molecule has 8 nitrogen and oxygen atoms in total. The van der Waals surface area contributed by atoms with Crippen molar-refractivity contribution < 1.29 is 22.8 Å². The van der Waals surface area contributed by atoms with Crippen LogP contribution < -0.4 is 9.62 Å². The number of carbonyl (C=O) groups is 3. The summed E-state index contributed by atoms with van der Waals surface area (Å²) in [5.41, 5.74) is 1.85. The van der Waals surface area contributed by atoms with Crippen LogP contribution in [0.15, 0.2) is 48.5 Å². The summed E-state index contributed by atoms with van der Waals surface area (Å²) in [5, 5.41) is 2.94. The lowest BCUT2D eigenvalue weighted by molar-refractivity contribution is -0.141. The Morgan fingerprint density at radius 1 is 1.03 bits per heavy atom. The van der Waals surface area contributed by atoms with Crippen molar-refractivity contribution >= 4 is 33.3 Å². The van der Waals surface area contributed by atoms with E-state index in [1.807, 2.05) is 58.9 Å². The van der Waals surface area contributed by atoms with Gasteiger partial charge in [-0.2, -0.15) is 0 Å². The van der Waals surface area contributed by atoms with Crippen LogP contribution in [0, 0.1) is 6.92 Å². The minimum Gasteiger partial charge on any atom is -0.350 e. The van der Waals surface area contributed by atoms with Gasteiger partial charge in [-0.15, -0.1) is 0 Å². The zero-order valence-corrected chi connectivity index (χ0v) is 23.0. The standard InChI is InChI=1S/C27H37N3O5S/c1-8-24(26(33)28-27(4,5)6)29(17-22-13-10-9-12-19(22)2)25(32)18-30(36(7,34)35)23-15-11-14-21(16-23)20(3)31/h9-16,24H,8,17-18H2,1-7H3,(H,28,33). The van der Waals surface area contributed by atoms with Crippen LogP contribution in [0.5, 0.6) is 0 Å². The summed E-state index contributed by atoms with van der Waals surface area (Å²) in [6.07, 6.45) is 1.36. The fourth-order valence-electron chi connectivity index (χ4n) is 3.84. The number of Topliss-reactive ketones (excluding diaryl/α,β-unsaturated/α-hetero) is 1. The van der Waals surface area contributed by atoms with E-state index >= 15 is 0 Å². The molecule has 0 radical (unpaired) electrons. The molecule has 2 amide bonds. The minimum atomic E-state index is -3.88. The highest BCUT2D eigenvalue weighted by Crippen LogP contribution is 2.22. The maximum absolute atomic E-state index is 13.8. The average molecular weight is 516 g/mol. The van der Waals surface area contributed by atoms with Crippen molar-refractivity contribution in [2.45, 2.75) is 66.1 Å². The molecule has 0 heterocycles. The van der Waals surface area contributed by atoms with E-state index < -0.39 is 34.1 Å². The number of nitrogens with zero attached hydrogens (tertiary/aromatic N) is 2. The van der Waals surface area contributed by atoms with Crippen molar-refractivity contribution in [2.24, 2.45) is 0 Å². The van der Waals surface area contributed by atoms with Crippen molar-refractivity contribution in [2.75, 3.05) is 17.1 Å². The lowest BCUT2D eigenvalue weighted by Crippen LogP contribution is -2.55. The predicted molar refractivity (Wildman–Crippen MR) is 142 cm³/mol. The van der Waals surface area contributed by atoms with Crippen LogP contribution in [-0.4, -0.2) is 55.3 Å². The lowest BCUT2D eigenvalue weighted by Gasteiger charge is -2.34. The number of carbonyl (C=O) groups excluding carboxylic acids is 3. The second kappa shape index (κ2) is 11.7. The molecular formula is C27H37N3O5S. The average Bonchev–Trinajstić information content (AvgIpc) is 2.76. The Morgan fingerprint density at radius 2 is 1.67 bits per heavy atom. The smallest absolute Gasteiger partial charge is 0.244 e. The van der Waals surface area contributed by atoms with Crippen LogP contribution in [0.3, 0.4) is 0 Å². The number of benzene rings is 2. The van der Waals surface area contributed by atoms with Crippen molar-refractivity contribution in [1.82, 2.24) is 10.2 Å². The van der Waals surface area contributed by atoms with Gasteiger partial charge in [-0.1, -0.05) is 43.3 Å². The summed E-state index contributed by atoms with van der Waals surface area (Å²) < 4.78 is 26.4. The van der Waals surface area contributed by atoms with E-state index in [0.29, 0.717) is 12.0 Å². The monoisotopic (exact) mass is 515 g/mol. The number of hydrogen-bond acceptors (Lipinski definition) is 5. The van der Waals surface area contributed by atoms with Crippen LogP contribution >= 0.6 is 0 Å². The van der Waals surface area contributed by atoms with E-state index in [-0.39, 0.29) is 23.9 Å². The number of hydrogen-bond donors (Lipinski definition) is 1. The van der Waals surface area contributed by atoms with E-state index in [4.69, 9.17) is 0 Å². The third-order valence-corrected chi connectivity index (χ3v) is 6.85. The van der Waals surface area contributed by atoms with E-state index in [1.165, 1.54) is 24.0 Å². The predicted octanol–water partition coefficient (Wildman–Crippen LogP) is 3.69. The van der Waals surface area contributed by atoms with E-state index in [9.17, 15) is 22.8 Å². The molecule has 0 aromatic heterocycles. The Kier molecular flexibility index (Phi) is 9.43. The highest BCUT2D eigenvalue weighted by Gasteiger charge is 2.33. The quantitative estimate of drug-likeness (QED) is 0.486. The molecule has 2 aromatic carbocycles. The fourth-order valence-corrected chi connectivity index (χ4v) is 4.68. The third kappa shape index (κ3) is 7.91. The third-order valence-electron chi connectivity index (χ3n) is 5.71. The zero-order chi connectivity index (χ0) is 27.3. The molecular weight excluding hydrogens is 478 g/mol. The zero-order valence-electron chi connectivity index (χ0n) is 22.2. The molecule has 0 fully saturated rings. The SMILES string of the molecule is CCC(C(=O)NC(C)(C)C)N(Cc1ccccc1C)C(=O)CN(c1cccc(C(C)=O)c1)S(C)(=O)=O. The molecule has 1 N–H and O–H groups in total. The molecule has 1 unspecified atom stereocenters. The number of amides is 2. The van der Waals surface area contributed by atoms with Crippen molar-refractivity contribution in [3.05, 3.63) is 65.2 Å². The number of ketones is 1. The van der Waals surface area contributed by atoms with E-state index in [1.54, 1.807) is 12.1 Å². The van der Waals surface area contributed by atoms with Crippen LogP contribution in [0.4, 0.5) is 5.69 Å². The molecule has 2 aromatic rings. The van der Waals surface area contributed by atoms with Gasteiger partial charge in [-0.3, -0.25) is 18.7 Å². The summed E-state index contributed by atoms with van der Waals surface area (Å²) in [7, 11) is -3.88. The normalized spacial score (nSPS) is 12.5. The number of rotatable bonds is 10. The van der Waals surface area contributed by atoms with Gasteiger partial charge >= 0.3 is 0 Å². The van der Waals surface area contributed by atoms with Gasteiger partial charge in [-0.25, -0.2) is 8.42 Å². The Labute approximate surface area is 214 Å². The maximum atomic E-state index is 13.8. The number of anilines is 1.